The Labute approximate surface area is 178 Å². The SMILES string of the molecule is Cc1nc(C(F)(F)F)c(S(=O)(=O)N2CC(Oc3ccc(C#N)c(F)c3)[C@](O)(CO)C2)s1. The quantitative estimate of drug-likeness (QED) is 0.623. The van der Waals surface area contributed by atoms with Gasteiger partial charge in [0.2, 0.25) is 0 Å². The molecule has 2 N–H and O–H groups in total. The maximum Gasteiger partial charge on any atom is 0.435 e. The van der Waals surface area contributed by atoms with Crippen LogP contribution in [0.3, 0.4) is 0 Å². The molecule has 1 aliphatic rings. The molecular weight excluding hydrogens is 466 g/mol. The molecular formula is C17H15F4N3O5S2. The number of benzene rings is 1. The highest BCUT2D eigenvalue weighted by atomic mass is 32.2. The lowest BCUT2D eigenvalue weighted by molar-refractivity contribution is -0.143. The second-order valence-corrected chi connectivity index (χ2v) is 10.1. The van der Waals surface area contributed by atoms with E-state index in [1.807, 2.05) is 0 Å². The molecule has 0 aliphatic carbocycles. The van der Waals surface area contributed by atoms with E-state index < -0.39 is 63.3 Å². The number of hydrogen-bond acceptors (Lipinski definition) is 8. The topological polar surface area (TPSA) is 124 Å². The van der Waals surface area contributed by atoms with E-state index in [9.17, 15) is 36.2 Å². The summed E-state index contributed by atoms with van der Waals surface area (Å²) in [6.45, 7) is -1.13. The number of hydrogen-bond donors (Lipinski definition) is 2. The van der Waals surface area contributed by atoms with E-state index in [2.05, 4.69) is 4.98 Å². The lowest BCUT2D eigenvalue weighted by Gasteiger charge is -2.27. The molecule has 168 valence electrons. The van der Waals surface area contributed by atoms with Crippen molar-refractivity contribution in [2.75, 3.05) is 19.7 Å². The van der Waals surface area contributed by atoms with E-state index in [1.54, 1.807) is 6.07 Å². The summed E-state index contributed by atoms with van der Waals surface area (Å²) in [7, 11) is -4.76. The Kier molecular flexibility index (Phi) is 6.02. The lowest BCUT2D eigenvalue weighted by Crippen LogP contribution is -2.48. The number of sulfonamides is 1. The van der Waals surface area contributed by atoms with Crippen molar-refractivity contribution in [3.05, 3.63) is 40.3 Å². The number of rotatable bonds is 5. The first-order valence-corrected chi connectivity index (χ1v) is 10.8. The second kappa shape index (κ2) is 7.99. The summed E-state index contributed by atoms with van der Waals surface area (Å²) in [6, 6.07) is 4.74. The largest absolute Gasteiger partial charge is 0.486 e. The molecule has 1 aromatic heterocycles. The molecule has 1 aliphatic heterocycles. The van der Waals surface area contributed by atoms with Crippen molar-refractivity contribution in [2.24, 2.45) is 0 Å². The van der Waals surface area contributed by atoms with E-state index in [4.69, 9.17) is 10.00 Å². The number of nitrogens with zero attached hydrogens (tertiary/aromatic N) is 3. The second-order valence-electron chi connectivity index (χ2n) is 6.79. The van der Waals surface area contributed by atoms with E-state index in [-0.39, 0.29) is 16.3 Å². The van der Waals surface area contributed by atoms with Gasteiger partial charge in [0.1, 0.15) is 29.3 Å². The molecule has 2 heterocycles. The molecule has 0 bridgehead atoms. The van der Waals surface area contributed by atoms with Crippen LogP contribution in [0.15, 0.2) is 22.4 Å². The first-order chi connectivity index (χ1) is 14.3. The molecule has 0 spiro atoms. The van der Waals surface area contributed by atoms with Gasteiger partial charge in [-0.2, -0.15) is 22.7 Å². The Hall–Kier alpha value is -2.31. The fourth-order valence-corrected chi connectivity index (χ4v) is 6.14. The zero-order valence-corrected chi connectivity index (χ0v) is 17.4. The zero-order chi connectivity index (χ0) is 23.2. The number of β-amino-alcohol motifs (C(OH)–C–C–N with tert-alkyl or cyclic N) is 1. The number of thiazole rings is 1. The summed E-state index contributed by atoms with van der Waals surface area (Å²) in [5, 5.41) is 28.9. The van der Waals surface area contributed by atoms with Crippen LogP contribution in [0.2, 0.25) is 0 Å². The molecule has 2 aromatic rings. The fraction of sp³-hybridized carbons (Fsp3) is 0.412. The molecule has 1 aromatic carbocycles. The minimum Gasteiger partial charge on any atom is -0.486 e. The molecule has 14 heteroatoms. The summed E-state index contributed by atoms with van der Waals surface area (Å²) >= 11 is 0.328. The third-order valence-electron chi connectivity index (χ3n) is 4.58. The molecule has 31 heavy (non-hydrogen) atoms. The Balaban J connectivity index is 1.93. The van der Waals surface area contributed by atoms with Crippen LogP contribution in [-0.2, 0) is 16.2 Å². The van der Waals surface area contributed by atoms with Crippen LogP contribution >= 0.6 is 11.3 Å². The Morgan fingerprint density at radius 1 is 1.45 bits per heavy atom. The van der Waals surface area contributed by atoms with E-state index in [0.717, 1.165) is 12.1 Å². The van der Waals surface area contributed by atoms with Gasteiger partial charge in [-0.15, -0.1) is 11.3 Å². The van der Waals surface area contributed by atoms with Crippen molar-refractivity contribution in [3.63, 3.8) is 0 Å². The van der Waals surface area contributed by atoms with E-state index in [0.29, 0.717) is 15.6 Å². The molecule has 0 amide bonds. The van der Waals surface area contributed by atoms with Gasteiger partial charge in [0.05, 0.1) is 23.7 Å². The highest BCUT2D eigenvalue weighted by molar-refractivity contribution is 7.91. The predicted octanol–water partition coefficient (Wildman–Crippen LogP) is 1.66. The molecule has 2 atom stereocenters. The average molecular weight is 481 g/mol. The minimum absolute atomic E-state index is 0.122. The third-order valence-corrected chi connectivity index (χ3v) is 7.85. The monoisotopic (exact) mass is 481 g/mol. The van der Waals surface area contributed by atoms with Gasteiger partial charge >= 0.3 is 6.18 Å². The van der Waals surface area contributed by atoms with E-state index in [1.165, 1.54) is 13.0 Å². The van der Waals surface area contributed by atoms with Gasteiger partial charge in [0.15, 0.2) is 9.90 Å². The number of aliphatic hydroxyl groups excluding tert-OH is 1. The molecule has 3 rings (SSSR count). The normalized spacial score (nSPS) is 22.5. The first-order valence-electron chi connectivity index (χ1n) is 8.56. The highest BCUT2D eigenvalue weighted by Gasteiger charge is 2.53. The minimum atomic E-state index is -5.02. The number of alkyl halides is 3. The summed E-state index contributed by atoms with van der Waals surface area (Å²) < 4.78 is 84.3. The average Bonchev–Trinajstić information content (AvgIpc) is 3.24. The number of aryl methyl sites for hydroxylation is 1. The molecule has 0 radical (unpaired) electrons. The van der Waals surface area contributed by atoms with Gasteiger partial charge in [0, 0.05) is 12.6 Å². The number of nitriles is 1. The van der Waals surface area contributed by atoms with Gasteiger partial charge in [-0.1, -0.05) is 0 Å². The van der Waals surface area contributed by atoms with Gasteiger partial charge in [-0.3, -0.25) is 0 Å². The van der Waals surface area contributed by atoms with Gasteiger partial charge in [-0.25, -0.2) is 17.8 Å². The number of aliphatic hydroxyl groups is 2. The van der Waals surface area contributed by atoms with Crippen LogP contribution in [0.4, 0.5) is 17.6 Å². The predicted molar refractivity (Wildman–Crippen MR) is 98.2 cm³/mol. The molecule has 1 fully saturated rings. The van der Waals surface area contributed by atoms with Gasteiger partial charge in [0.25, 0.3) is 10.0 Å². The molecule has 1 saturated heterocycles. The van der Waals surface area contributed by atoms with Crippen molar-refractivity contribution in [3.8, 4) is 11.8 Å². The molecule has 8 nitrogen and oxygen atoms in total. The molecule has 0 saturated carbocycles. The van der Waals surface area contributed by atoms with Crippen LogP contribution in [0, 0.1) is 24.1 Å². The first kappa shape index (κ1) is 23.4. The Bertz CT molecular complexity index is 1150. The van der Waals surface area contributed by atoms with Gasteiger partial charge < -0.3 is 14.9 Å². The fourth-order valence-electron chi connectivity index (χ4n) is 3.01. The smallest absolute Gasteiger partial charge is 0.435 e. The maximum atomic E-state index is 13.8. The van der Waals surface area contributed by atoms with Gasteiger partial charge in [-0.05, 0) is 19.1 Å². The van der Waals surface area contributed by atoms with Crippen LogP contribution in [0.25, 0.3) is 0 Å². The number of halogens is 4. The molecule has 1 unspecified atom stereocenters. The van der Waals surface area contributed by atoms with Crippen LogP contribution < -0.4 is 4.74 Å². The number of ether oxygens (including phenoxy) is 1. The summed E-state index contributed by atoms with van der Waals surface area (Å²) in [5.74, 6) is -1.10. The lowest BCUT2D eigenvalue weighted by atomic mass is 10.0. The van der Waals surface area contributed by atoms with Crippen molar-refractivity contribution < 1.29 is 40.9 Å². The highest BCUT2D eigenvalue weighted by Crippen LogP contribution is 2.40. The maximum absolute atomic E-state index is 13.8. The standard InChI is InChI=1S/C17H15F4N3O5S2/c1-9-23-14(17(19,20)21)15(30-9)31(27,28)24-6-13(16(26,7-24)8-25)29-11-3-2-10(5-22)12(18)4-11/h2-4,13,25-26H,6-8H2,1H3/t13?,16-/m1/s1. The van der Waals surface area contributed by atoms with Crippen molar-refractivity contribution >= 4 is 21.4 Å². The Morgan fingerprint density at radius 2 is 2.13 bits per heavy atom. The van der Waals surface area contributed by atoms with Crippen molar-refractivity contribution in [1.29, 1.82) is 5.26 Å². The van der Waals surface area contributed by atoms with E-state index >= 15 is 0 Å². The van der Waals surface area contributed by atoms with Crippen LogP contribution in [0.1, 0.15) is 16.3 Å². The summed E-state index contributed by atoms with van der Waals surface area (Å²) in [6.07, 6.45) is -6.45. The zero-order valence-electron chi connectivity index (χ0n) is 15.7. The summed E-state index contributed by atoms with van der Waals surface area (Å²) in [4.78, 5) is 3.27. The van der Waals surface area contributed by atoms with Crippen molar-refractivity contribution in [2.45, 2.75) is 29.0 Å². The number of aromatic nitrogens is 1. The third kappa shape index (κ3) is 4.37. The van der Waals surface area contributed by atoms with Crippen LogP contribution in [-0.4, -0.2) is 59.3 Å². The summed E-state index contributed by atoms with van der Waals surface area (Å²) in [5.41, 5.74) is -4.02. The van der Waals surface area contributed by atoms with Crippen molar-refractivity contribution in [1.82, 2.24) is 9.29 Å². The Morgan fingerprint density at radius 3 is 2.68 bits per heavy atom. The van der Waals surface area contributed by atoms with Crippen LogP contribution in [0.5, 0.6) is 5.75 Å².